The lowest BCUT2D eigenvalue weighted by molar-refractivity contribution is -0.117. The van der Waals surface area contributed by atoms with Crippen LogP contribution in [0.15, 0.2) is 10.6 Å². The first-order valence-corrected chi connectivity index (χ1v) is 9.21. The molecule has 5 nitrogen and oxygen atoms in total. The van der Waals surface area contributed by atoms with E-state index in [2.05, 4.69) is 31.2 Å². The summed E-state index contributed by atoms with van der Waals surface area (Å²) in [5.74, 6) is 1.17. The summed E-state index contributed by atoms with van der Waals surface area (Å²) < 4.78 is 10.4. The number of rotatable bonds is 5. The van der Waals surface area contributed by atoms with Crippen LogP contribution in [0.4, 0.5) is 5.88 Å². The van der Waals surface area contributed by atoms with Crippen molar-refractivity contribution in [2.75, 3.05) is 17.7 Å². The summed E-state index contributed by atoms with van der Waals surface area (Å²) in [7, 11) is 0. The molecule has 2 rings (SSSR count). The van der Waals surface area contributed by atoms with Crippen LogP contribution in [-0.4, -0.2) is 34.3 Å². The fourth-order valence-corrected chi connectivity index (χ4v) is 3.30. The molecule has 130 valence electrons. The Balaban J connectivity index is 1.88. The number of aromatic nitrogens is 1. The van der Waals surface area contributed by atoms with Crippen molar-refractivity contribution in [3.8, 4) is 0 Å². The molecule has 0 saturated carbocycles. The minimum absolute atomic E-state index is 0.0741. The fraction of sp³-hybridized carbons (Fsp3) is 0.765. The third-order valence-corrected chi connectivity index (χ3v) is 5.41. The van der Waals surface area contributed by atoms with Crippen molar-refractivity contribution < 1.29 is 14.1 Å². The molecule has 1 aromatic heterocycles. The Bertz CT molecular complexity index is 528. The van der Waals surface area contributed by atoms with Crippen molar-refractivity contribution in [1.29, 1.82) is 0 Å². The van der Waals surface area contributed by atoms with Crippen LogP contribution in [0, 0.1) is 0 Å². The fourth-order valence-electron chi connectivity index (χ4n) is 2.26. The maximum Gasteiger partial charge on any atom is 0.242 e. The Labute approximate surface area is 142 Å². The number of anilines is 1. The van der Waals surface area contributed by atoms with Gasteiger partial charge < -0.3 is 9.26 Å². The third kappa shape index (κ3) is 5.24. The zero-order valence-corrected chi connectivity index (χ0v) is 15.6. The van der Waals surface area contributed by atoms with Gasteiger partial charge in [0, 0.05) is 23.8 Å². The molecule has 1 aliphatic heterocycles. The molecule has 23 heavy (non-hydrogen) atoms. The molecule has 1 amide bonds. The van der Waals surface area contributed by atoms with Gasteiger partial charge in [-0.2, -0.15) is 0 Å². The van der Waals surface area contributed by atoms with Gasteiger partial charge in [-0.15, -0.1) is 11.8 Å². The molecule has 1 fully saturated rings. The zero-order valence-electron chi connectivity index (χ0n) is 14.8. The number of hydrogen-bond donors (Lipinski definition) is 1. The number of nitrogens with zero attached hydrogens (tertiary/aromatic N) is 1. The smallest absolute Gasteiger partial charge is 0.242 e. The zero-order chi connectivity index (χ0) is 17.1. The number of thioether (sulfide) groups is 1. The van der Waals surface area contributed by atoms with Crippen LogP contribution in [-0.2, 0) is 14.9 Å². The van der Waals surface area contributed by atoms with Crippen molar-refractivity contribution in [3.63, 3.8) is 0 Å². The van der Waals surface area contributed by atoms with Gasteiger partial charge in [0.15, 0.2) is 0 Å². The summed E-state index contributed by atoms with van der Waals surface area (Å²) in [5.41, 5.74) is 0.726. The Kier molecular flexibility index (Phi) is 5.79. The quantitative estimate of drug-likeness (QED) is 0.878. The predicted molar refractivity (Wildman–Crippen MR) is 94.0 cm³/mol. The molecule has 1 unspecified atom stereocenters. The summed E-state index contributed by atoms with van der Waals surface area (Å²) in [6.45, 7) is 10.9. The van der Waals surface area contributed by atoms with Crippen molar-refractivity contribution in [2.45, 2.75) is 70.1 Å². The molecule has 0 spiro atoms. The van der Waals surface area contributed by atoms with Crippen LogP contribution in [0.25, 0.3) is 0 Å². The maximum absolute atomic E-state index is 12.5. The minimum Gasteiger partial charge on any atom is -0.377 e. The van der Waals surface area contributed by atoms with E-state index in [1.165, 1.54) is 6.42 Å². The number of hydrogen-bond acceptors (Lipinski definition) is 5. The van der Waals surface area contributed by atoms with Gasteiger partial charge in [0.25, 0.3) is 0 Å². The van der Waals surface area contributed by atoms with Crippen LogP contribution in [0.3, 0.4) is 0 Å². The SMILES string of the molecule is CC(C)(SCC1CCCCO1)C(=O)Nc1cc(C(C)(C)C)no1. The molecule has 0 bridgehead atoms. The van der Waals surface area contributed by atoms with E-state index in [0.29, 0.717) is 5.88 Å². The lowest BCUT2D eigenvalue weighted by Gasteiger charge is -2.27. The lowest BCUT2D eigenvalue weighted by atomic mass is 9.92. The molecule has 0 radical (unpaired) electrons. The van der Waals surface area contributed by atoms with Crippen LogP contribution in [0.5, 0.6) is 0 Å². The van der Waals surface area contributed by atoms with Gasteiger partial charge in [-0.3, -0.25) is 10.1 Å². The highest BCUT2D eigenvalue weighted by Gasteiger charge is 2.31. The Morgan fingerprint density at radius 1 is 1.35 bits per heavy atom. The normalized spacial score (nSPS) is 19.6. The summed E-state index contributed by atoms with van der Waals surface area (Å²) >= 11 is 1.63. The number of carbonyl (C=O) groups excluding carboxylic acids is 1. The van der Waals surface area contributed by atoms with Crippen LogP contribution >= 0.6 is 11.8 Å². The summed E-state index contributed by atoms with van der Waals surface area (Å²) in [6.07, 6.45) is 3.71. The molecule has 1 aliphatic rings. The van der Waals surface area contributed by atoms with E-state index in [9.17, 15) is 4.79 Å². The van der Waals surface area contributed by atoms with E-state index in [-0.39, 0.29) is 17.4 Å². The van der Waals surface area contributed by atoms with Crippen molar-refractivity contribution in [2.24, 2.45) is 0 Å². The van der Waals surface area contributed by atoms with E-state index in [1.807, 2.05) is 13.8 Å². The van der Waals surface area contributed by atoms with E-state index in [0.717, 1.165) is 30.9 Å². The van der Waals surface area contributed by atoms with Crippen LogP contribution in [0.2, 0.25) is 0 Å². The van der Waals surface area contributed by atoms with E-state index in [4.69, 9.17) is 9.26 Å². The van der Waals surface area contributed by atoms with E-state index < -0.39 is 4.75 Å². The summed E-state index contributed by atoms with van der Waals surface area (Å²) in [6, 6.07) is 1.79. The second-order valence-electron chi connectivity index (χ2n) is 7.59. The second kappa shape index (κ2) is 7.26. The second-order valence-corrected chi connectivity index (χ2v) is 9.23. The van der Waals surface area contributed by atoms with Crippen molar-refractivity contribution >= 4 is 23.6 Å². The Morgan fingerprint density at radius 2 is 2.09 bits per heavy atom. The number of amides is 1. The van der Waals surface area contributed by atoms with E-state index >= 15 is 0 Å². The molecular weight excluding hydrogens is 312 g/mol. The monoisotopic (exact) mass is 340 g/mol. The van der Waals surface area contributed by atoms with Gasteiger partial charge in [0.1, 0.15) is 0 Å². The molecule has 6 heteroatoms. The molecule has 2 heterocycles. The van der Waals surface area contributed by atoms with Gasteiger partial charge in [-0.1, -0.05) is 25.9 Å². The van der Waals surface area contributed by atoms with Gasteiger partial charge >= 0.3 is 0 Å². The van der Waals surface area contributed by atoms with Gasteiger partial charge in [0.2, 0.25) is 11.8 Å². The Hall–Kier alpha value is -1.01. The molecule has 1 atom stereocenters. The average molecular weight is 340 g/mol. The highest BCUT2D eigenvalue weighted by molar-refractivity contribution is 8.01. The predicted octanol–water partition coefficient (Wildman–Crippen LogP) is 3.99. The lowest BCUT2D eigenvalue weighted by Crippen LogP contribution is -2.36. The van der Waals surface area contributed by atoms with Gasteiger partial charge in [-0.25, -0.2) is 0 Å². The standard InChI is InChI=1S/C17H28N2O3S/c1-16(2,3)13-10-14(22-19-13)18-15(20)17(4,5)23-11-12-8-6-7-9-21-12/h10,12H,6-9,11H2,1-5H3,(H,18,20). The molecule has 1 saturated heterocycles. The third-order valence-electron chi connectivity index (χ3n) is 3.97. The summed E-state index contributed by atoms with van der Waals surface area (Å²) in [4.78, 5) is 12.5. The van der Waals surface area contributed by atoms with Gasteiger partial charge in [0.05, 0.1) is 16.5 Å². The molecule has 0 aromatic carbocycles. The van der Waals surface area contributed by atoms with Crippen molar-refractivity contribution in [3.05, 3.63) is 11.8 Å². The highest BCUT2D eigenvalue weighted by atomic mass is 32.2. The minimum atomic E-state index is -0.546. The van der Waals surface area contributed by atoms with Gasteiger partial charge in [-0.05, 0) is 33.1 Å². The van der Waals surface area contributed by atoms with E-state index in [1.54, 1.807) is 17.8 Å². The number of carbonyl (C=O) groups is 1. The summed E-state index contributed by atoms with van der Waals surface area (Å²) in [5, 5.41) is 6.86. The average Bonchev–Trinajstić information content (AvgIpc) is 2.95. The largest absolute Gasteiger partial charge is 0.377 e. The number of nitrogens with one attached hydrogen (secondary N) is 1. The number of ether oxygens (including phenoxy) is 1. The maximum atomic E-state index is 12.5. The molecule has 1 aromatic rings. The topological polar surface area (TPSA) is 64.4 Å². The first-order chi connectivity index (χ1) is 10.7. The van der Waals surface area contributed by atoms with Crippen LogP contribution < -0.4 is 5.32 Å². The molecule has 0 aliphatic carbocycles. The first kappa shape index (κ1) is 18.3. The first-order valence-electron chi connectivity index (χ1n) is 8.23. The molecule has 1 N–H and O–H groups in total. The molecular formula is C17H28N2O3S. The van der Waals surface area contributed by atoms with Crippen molar-refractivity contribution in [1.82, 2.24) is 5.16 Å². The highest BCUT2D eigenvalue weighted by Crippen LogP contribution is 2.30. The van der Waals surface area contributed by atoms with Crippen LogP contribution in [0.1, 0.15) is 59.6 Å². The Morgan fingerprint density at radius 3 is 2.65 bits per heavy atom.